The molecule has 0 aliphatic carbocycles. The van der Waals surface area contributed by atoms with Crippen molar-refractivity contribution in [1.29, 1.82) is 0 Å². The van der Waals surface area contributed by atoms with Gasteiger partial charge in [-0.15, -0.1) is 0 Å². The van der Waals surface area contributed by atoms with Crippen molar-refractivity contribution in [1.82, 2.24) is 0 Å². The Labute approximate surface area is 112 Å². The topological polar surface area (TPSA) is 34.1 Å². The average molecular weight is 264 g/mol. The molecule has 98 valence electrons. The second kappa shape index (κ2) is 6.64. The summed E-state index contributed by atoms with van der Waals surface area (Å²) in [5.41, 5.74) is 2.27. The van der Waals surface area contributed by atoms with Crippen LogP contribution in [0.1, 0.15) is 32.8 Å². The van der Waals surface area contributed by atoms with Crippen molar-refractivity contribution in [3.63, 3.8) is 0 Å². The fourth-order valence-electron chi connectivity index (χ4n) is 1.58. The SMILES string of the molecule is CC(=O)[C@H](CC=C(C)C)[S@@](=O)c1ccc(C)cc1. The van der Waals surface area contributed by atoms with Crippen LogP contribution < -0.4 is 0 Å². The third-order valence-corrected chi connectivity index (χ3v) is 4.48. The first-order chi connectivity index (χ1) is 8.41. The predicted molar refractivity (Wildman–Crippen MR) is 76.1 cm³/mol. The molecular weight excluding hydrogens is 244 g/mol. The number of rotatable bonds is 5. The summed E-state index contributed by atoms with van der Waals surface area (Å²) in [5.74, 6) is -0.0218. The lowest BCUT2D eigenvalue weighted by molar-refractivity contribution is -0.116. The van der Waals surface area contributed by atoms with E-state index in [4.69, 9.17) is 0 Å². The minimum absolute atomic E-state index is 0.0218. The van der Waals surface area contributed by atoms with Crippen molar-refractivity contribution in [3.8, 4) is 0 Å². The lowest BCUT2D eigenvalue weighted by Gasteiger charge is -2.12. The Bertz CT molecular complexity index is 468. The highest BCUT2D eigenvalue weighted by Gasteiger charge is 2.21. The van der Waals surface area contributed by atoms with Gasteiger partial charge in [0, 0.05) is 4.90 Å². The van der Waals surface area contributed by atoms with E-state index < -0.39 is 16.0 Å². The molecule has 0 N–H and O–H groups in total. The van der Waals surface area contributed by atoms with E-state index in [-0.39, 0.29) is 5.78 Å². The van der Waals surface area contributed by atoms with Crippen molar-refractivity contribution < 1.29 is 9.00 Å². The summed E-state index contributed by atoms with van der Waals surface area (Å²) in [5, 5.41) is -0.442. The number of Topliss-reactive ketones (excluding diaryl/α,β-unsaturated/α-hetero) is 1. The third kappa shape index (κ3) is 4.22. The van der Waals surface area contributed by atoms with E-state index in [1.54, 1.807) is 0 Å². The quantitative estimate of drug-likeness (QED) is 0.764. The molecule has 0 amide bonds. The molecule has 1 rings (SSSR count). The maximum absolute atomic E-state index is 12.4. The van der Waals surface area contributed by atoms with E-state index in [0.29, 0.717) is 6.42 Å². The summed E-state index contributed by atoms with van der Waals surface area (Å²) in [4.78, 5) is 12.3. The molecule has 3 heteroatoms. The van der Waals surface area contributed by atoms with Gasteiger partial charge < -0.3 is 0 Å². The number of allylic oxidation sites excluding steroid dienone is 2. The van der Waals surface area contributed by atoms with Crippen LogP contribution in [0.25, 0.3) is 0 Å². The van der Waals surface area contributed by atoms with Gasteiger partial charge in [-0.1, -0.05) is 29.3 Å². The minimum Gasteiger partial charge on any atom is -0.299 e. The molecule has 1 aromatic carbocycles. The van der Waals surface area contributed by atoms with Crippen LogP contribution in [0.3, 0.4) is 0 Å². The van der Waals surface area contributed by atoms with Crippen molar-refractivity contribution >= 4 is 16.6 Å². The molecule has 0 aliphatic rings. The first kappa shape index (κ1) is 14.8. The zero-order valence-electron chi connectivity index (χ0n) is 11.4. The van der Waals surface area contributed by atoms with Gasteiger partial charge in [0.25, 0.3) is 0 Å². The smallest absolute Gasteiger partial charge is 0.146 e. The van der Waals surface area contributed by atoms with E-state index in [0.717, 1.165) is 16.0 Å². The molecule has 0 spiro atoms. The molecule has 0 fully saturated rings. The normalized spacial score (nSPS) is 13.8. The third-order valence-electron chi connectivity index (χ3n) is 2.71. The van der Waals surface area contributed by atoms with Crippen LogP contribution in [-0.2, 0) is 15.6 Å². The monoisotopic (exact) mass is 264 g/mol. The molecule has 0 bridgehead atoms. The number of ketones is 1. The second-order valence-electron chi connectivity index (χ2n) is 4.73. The number of carbonyl (C=O) groups excluding carboxylic acids is 1. The Morgan fingerprint density at radius 1 is 1.22 bits per heavy atom. The van der Waals surface area contributed by atoms with Crippen LogP contribution >= 0.6 is 0 Å². The first-order valence-electron chi connectivity index (χ1n) is 6.03. The molecule has 18 heavy (non-hydrogen) atoms. The van der Waals surface area contributed by atoms with Gasteiger partial charge >= 0.3 is 0 Å². The van der Waals surface area contributed by atoms with Crippen LogP contribution in [0.5, 0.6) is 0 Å². The maximum Gasteiger partial charge on any atom is 0.146 e. The first-order valence-corrected chi connectivity index (χ1v) is 7.24. The summed E-state index contributed by atoms with van der Waals surface area (Å²) >= 11 is 0. The lowest BCUT2D eigenvalue weighted by atomic mass is 10.2. The second-order valence-corrected chi connectivity index (χ2v) is 6.36. The predicted octanol–water partition coefficient (Wildman–Crippen LogP) is 3.42. The van der Waals surface area contributed by atoms with Gasteiger partial charge in [-0.2, -0.15) is 0 Å². The fraction of sp³-hybridized carbons (Fsp3) is 0.400. The molecule has 2 nitrogen and oxygen atoms in total. The number of aryl methyl sites for hydroxylation is 1. The molecular formula is C15H20O2S. The van der Waals surface area contributed by atoms with Crippen LogP contribution in [0, 0.1) is 6.92 Å². The Balaban J connectivity index is 2.92. The zero-order chi connectivity index (χ0) is 13.7. The molecule has 0 heterocycles. The molecule has 2 atom stereocenters. The zero-order valence-corrected chi connectivity index (χ0v) is 12.2. The molecule has 0 aliphatic heterocycles. The van der Waals surface area contributed by atoms with Gasteiger partial charge in [0.2, 0.25) is 0 Å². The summed E-state index contributed by atoms with van der Waals surface area (Å²) in [6.45, 7) is 7.45. The number of benzene rings is 1. The van der Waals surface area contributed by atoms with E-state index in [2.05, 4.69) is 0 Å². The summed E-state index contributed by atoms with van der Waals surface area (Å²) in [7, 11) is -1.27. The highest BCUT2D eigenvalue weighted by atomic mass is 32.2. The van der Waals surface area contributed by atoms with Crippen LogP contribution in [0.2, 0.25) is 0 Å². The van der Waals surface area contributed by atoms with E-state index in [1.165, 1.54) is 6.92 Å². The fourth-order valence-corrected chi connectivity index (χ4v) is 2.89. The van der Waals surface area contributed by atoms with E-state index >= 15 is 0 Å². The number of carbonyl (C=O) groups is 1. The van der Waals surface area contributed by atoms with Crippen molar-refractivity contribution in [2.24, 2.45) is 0 Å². The van der Waals surface area contributed by atoms with Crippen LogP contribution in [0.4, 0.5) is 0 Å². The van der Waals surface area contributed by atoms with Gasteiger partial charge in [0.05, 0.1) is 10.8 Å². The van der Waals surface area contributed by atoms with Gasteiger partial charge in [0.1, 0.15) is 11.0 Å². The van der Waals surface area contributed by atoms with Crippen LogP contribution in [-0.4, -0.2) is 15.2 Å². The van der Waals surface area contributed by atoms with Crippen molar-refractivity contribution in [3.05, 3.63) is 41.5 Å². The largest absolute Gasteiger partial charge is 0.299 e. The Kier molecular flexibility index (Phi) is 5.48. The number of hydrogen-bond acceptors (Lipinski definition) is 2. The van der Waals surface area contributed by atoms with Gasteiger partial charge in [-0.25, -0.2) is 0 Å². The Morgan fingerprint density at radius 2 is 1.78 bits per heavy atom. The molecule has 0 aromatic heterocycles. The van der Waals surface area contributed by atoms with E-state index in [9.17, 15) is 9.00 Å². The van der Waals surface area contributed by atoms with Crippen molar-refractivity contribution in [2.45, 2.75) is 44.3 Å². The number of hydrogen-bond donors (Lipinski definition) is 0. The molecule has 0 radical (unpaired) electrons. The lowest BCUT2D eigenvalue weighted by Crippen LogP contribution is -2.23. The summed E-state index contributed by atoms with van der Waals surface area (Å²) < 4.78 is 12.4. The van der Waals surface area contributed by atoms with E-state index in [1.807, 2.05) is 51.1 Å². The Morgan fingerprint density at radius 3 is 2.22 bits per heavy atom. The summed E-state index contributed by atoms with van der Waals surface area (Å²) in [6, 6.07) is 7.52. The van der Waals surface area contributed by atoms with Crippen molar-refractivity contribution in [2.75, 3.05) is 0 Å². The molecule has 0 saturated carbocycles. The molecule has 0 unspecified atom stereocenters. The highest BCUT2D eigenvalue weighted by molar-refractivity contribution is 7.86. The van der Waals surface area contributed by atoms with Crippen LogP contribution in [0.15, 0.2) is 40.8 Å². The van der Waals surface area contributed by atoms with Gasteiger partial charge in [0.15, 0.2) is 0 Å². The minimum atomic E-state index is -1.27. The highest BCUT2D eigenvalue weighted by Crippen LogP contribution is 2.16. The Hall–Kier alpha value is -1.22. The standard InChI is InChI=1S/C15H20O2S/c1-11(2)5-10-15(13(4)16)18(17)14-8-6-12(3)7-9-14/h5-9,15H,10H2,1-4H3/t15-,18-/m0/s1. The van der Waals surface area contributed by atoms with Gasteiger partial charge in [-0.05, 0) is 46.2 Å². The molecule has 0 saturated heterocycles. The molecule has 1 aromatic rings. The van der Waals surface area contributed by atoms with Gasteiger partial charge in [-0.3, -0.25) is 9.00 Å². The average Bonchev–Trinajstić information content (AvgIpc) is 2.29. The summed E-state index contributed by atoms with van der Waals surface area (Å²) in [6.07, 6.45) is 2.51. The maximum atomic E-state index is 12.4.